The molecule has 0 radical (unpaired) electrons. The first-order valence-corrected chi connectivity index (χ1v) is 7.31. The van der Waals surface area contributed by atoms with E-state index in [1.807, 2.05) is 0 Å². The van der Waals surface area contributed by atoms with Crippen LogP contribution < -0.4 is 5.32 Å². The Morgan fingerprint density at radius 1 is 1.19 bits per heavy atom. The van der Waals surface area contributed by atoms with Gasteiger partial charge in [0.15, 0.2) is 0 Å². The van der Waals surface area contributed by atoms with Crippen LogP contribution in [0.2, 0.25) is 0 Å². The summed E-state index contributed by atoms with van der Waals surface area (Å²) < 4.78 is 13.0. The van der Waals surface area contributed by atoms with Crippen molar-refractivity contribution < 1.29 is 19.1 Å². The van der Waals surface area contributed by atoms with Crippen LogP contribution in [0.25, 0.3) is 0 Å². The Morgan fingerprint density at radius 3 is 2.38 bits per heavy atom. The van der Waals surface area contributed by atoms with Gasteiger partial charge in [0.1, 0.15) is 5.82 Å². The van der Waals surface area contributed by atoms with Gasteiger partial charge in [0.2, 0.25) is 5.91 Å². The summed E-state index contributed by atoms with van der Waals surface area (Å²) in [6, 6.07) is 6.02. The van der Waals surface area contributed by atoms with Gasteiger partial charge in [-0.3, -0.25) is 9.59 Å². The Morgan fingerprint density at radius 2 is 1.86 bits per heavy atom. The summed E-state index contributed by atoms with van der Waals surface area (Å²) in [5, 5.41) is 12.0. The van der Waals surface area contributed by atoms with Gasteiger partial charge in [-0.2, -0.15) is 0 Å². The Hall–Kier alpha value is -1.91. The molecule has 21 heavy (non-hydrogen) atoms. The summed E-state index contributed by atoms with van der Waals surface area (Å²) >= 11 is 0. The molecule has 2 saturated carbocycles. The van der Waals surface area contributed by atoms with Crippen molar-refractivity contribution in [3.63, 3.8) is 0 Å². The number of carbonyl (C=O) groups excluding carboxylic acids is 1. The van der Waals surface area contributed by atoms with Crippen molar-refractivity contribution in [1.82, 2.24) is 5.32 Å². The zero-order valence-corrected chi connectivity index (χ0v) is 11.6. The summed E-state index contributed by atoms with van der Waals surface area (Å²) in [7, 11) is 0. The summed E-state index contributed by atoms with van der Waals surface area (Å²) in [5.74, 6) is -1.50. The predicted molar refractivity (Wildman–Crippen MR) is 74.2 cm³/mol. The highest BCUT2D eigenvalue weighted by atomic mass is 19.1. The molecule has 0 heterocycles. The van der Waals surface area contributed by atoms with Crippen molar-refractivity contribution in [2.45, 2.75) is 43.6 Å². The second kappa shape index (κ2) is 5.13. The third-order valence-electron chi connectivity index (χ3n) is 4.70. The van der Waals surface area contributed by atoms with E-state index in [9.17, 15) is 14.0 Å². The lowest BCUT2D eigenvalue weighted by Crippen LogP contribution is -2.40. The van der Waals surface area contributed by atoms with Crippen LogP contribution in [0.3, 0.4) is 0 Å². The highest BCUT2D eigenvalue weighted by Gasteiger charge is 2.51. The first-order valence-electron chi connectivity index (χ1n) is 7.31. The lowest BCUT2D eigenvalue weighted by atomic mass is 9.94. The summed E-state index contributed by atoms with van der Waals surface area (Å²) in [6.45, 7) is 0. The van der Waals surface area contributed by atoms with E-state index in [2.05, 4.69) is 5.32 Å². The molecule has 2 N–H and O–H groups in total. The third-order valence-corrected chi connectivity index (χ3v) is 4.70. The van der Waals surface area contributed by atoms with E-state index in [-0.39, 0.29) is 23.7 Å². The molecular weight excluding hydrogens is 273 g/mol. The maximum absolute atomic E-state index is 13.0. The van der Waals surface area contributed by atoms with E-state index >= 15 is 0 Å². The van der Waals surface area contributed by atoms with E-state index in [1.54, 1.807) is 12.1 Å². The molecule has 5 heteroatoms. The fourth-order valence-electron chi connectivity index (χ4n) is 3.20. The van der Waals surface area contributed by atoms with Crippen molar-refractivity contribution in [2.75, 3.05) is 0 Å². The molecule has 4 nitrogen and oxygen atoms in total. The van der Waals surface area contributed by atoms with Gasteiger partial charge in [0, 0.05) is 6.04 Å². The molecule has 112 valence electrons. The predicted octanol–water partition coefficient (Wildman–Crippen LogP) is 2.23. The number of benzene rings is 1. The molecule has 0 spiro atoms. The second-order valence-electron chi connectivity index (χ2n) is 6.11. The van der Waals surface area contributed by atoms with E-state index in [1.165, 1.54) is 12.1 Å². The molecule has 2 unspecified atom stereocenters. The average Bonchev–Trinajstić information content (AvgIpc) is 3.13. The van der Waals surface area contributed by atoms with Crippen molar-refractivity contribution >= 4 is 11.9 Å². The molecule has 1 amide bonds. The number of halogens is 1. The Kier molecular flexibility index (Phi) is 3.43. The van der Waals surface area contributed by atoms with Gasteiger partial charge >= 0.3 is 5.97 Å². The molecule has 0 aromatic heterocycles. The van der Waals surface area contributed by atoms with Gasteiger partial charge in [-0.25, -0.2) is 4.39 Å². The third kappa shape index (κ3) is 2.64. The zero-order valence-electron chi connectivity index (χ0n) is 11.6. The largest absolute Gasteiger partial charge is 0.481 e. The molecule has 1 aromatic carbocycles. The van der Waals surface area contributed by atoms with Crippen molar-refractivity contribution in [3.8, 4) is 0 Å². The quantitative estimate of drug-likeness (QED) is 0.894. The molecule has 3 rings (SSSR count). The molecule has 0 bridgehead atoms. The number of nitrogens with one attached hydrogen (secondary N) is 1. The standard InChI is InChI=1S/C16H18FNO3/c17-12-4-2-11(3-5-12)16(7-8-16)15(21)18-13-6-1-10(9-13)14(19)20/h2-5,10,13H,1,6-9H2,(H,18,21)(H,19,20). The van der Waals surface area contributed by atoms with E-state index in [4.69, 9.17) is 5.11 Å². The minimum absolute atomic E-state index is 0.0508. The van der Waals surface area contributed by atoms with Crippen LogP contribution in [-0.2, 0) is 15.0 Å². The first kappa shape index (κ1) is 14.0. The first-order chi connectivity index (χ1) is 10.0. The molecule has 2 aliphatic carbocycles. The SMILES string of the molecule is O=C(O)C1CCC(NC(=O)C2(c3ccc(F)cc3)CC2)C1. The van der Waals surface area contributed by atoms with Gasteiger partial charge in [-0.15, -0.1) is 0 Å². The van der Waals surface area contributed by atoms with Crippen molar-refractivity contribution in [2.24, 2.45) is 5.92 Å². The number of rotatable bonds is 4. The maximum Gasteiger partial charge on any atom is 0.306 e. The van der Waals surface area contributed by atoms with Gasteiger partial charge < -0.3 is 10.4 Å². The maximum atomic E-state index is 13.0. The highest BCUT2D eigenvalue weighted by molar-refractivity contribution is 5.91. The zero-order chi connectivity index (χ0) is 15.0. The molecule has 0 aliphatic heterocycles. The van der Waals surface area contributed by atoms with Crippen LogP contribution in [0, 0.1) is 11.7 Å². The minimum atomic E-state index is -0.786. The normalized spacial score (nSPS) is 26.3. The summed E-state index contributed by atoms with van der Waals surface area (Å²) in [6.07, 6.45) is 3.35. The van der Waals surface area contributed by atoms with Gasteiger partial charge in [-0.05, 0) is 49.8 Å². The number of carboxylic acid groups (broad SMARTS) is 1. The van der Waals surface area contributed by atoms with Crippen LogP contribution in [0.4, 0.5) is 4.39 Å². The Labute approximate surface area is 122 Å². The minimum Gasteiger partial charge on any atom is -0.481 e. The van der Waals surface area contributed by atoms with Crippen molar-refractivity contribution in [1.29, 1.82) is 0 Å². The fourth-order valence-corrected chi connectivity index (χ4v) is 3.20. The van der Waals surface area contributed by atoms with Crippen LogP contribution in [-0.4, -0.2) is 23.0 Å². The molecular formula is C16H18FNO3. The Balaban J connectivity index is 1.66. The number of hydrogen-bond acceptors (Lipinski definition) is 2. The lowest BCUT2D eigenvalue weighted by Gasteiger charge is -2.19. The van der Waals surface area contributed by atoms with Gasteiger partial charge in [0.05, 0.1) is 11.3 Å². The number of carboxylic acids is 1. The number of carbonyl (C=O) groups is 2. The van der Waals surface area contributed by atoms with E-state index in [0.717, 1.165) is 18.4 Å². The lowest BCUT2D eigenvalue weighted by molar-refractivity contribution is -0.141. The van der Waals surface area contributed by atoms with Crippen molar-refractivity contribution in [3.05, 3.63) is 35.6 Å². The molecule has 1 aromatic rings. The van der Waals surface area contributed by atoms with Crippen LogP contribution >= 0.6 is 0 Å². The topological polar surface area (TPSA) is 66.4 Å². The molecule has 0 saturated heterocycles. The summed E-state index contributed by atoms with van der Waals surface area (Å²) in [5.41, 5.74) is 0.309. The van der Waals surface area contributed by atoms with E-state index in [0.29, 0.717) is 19.3 Å². The van der Waals surface area contributed by atoms with Gasteiger partial charge in [-0.1, -0.05) is 12.1 Å². The number of hydrogen-bond donors (Lipinski definition) is 2. The molecule has 2 atom stereocenters. The fraction of sp³-hybridized carbons (Fsp3) is 0.500. The monoisotopic (exact) mass is 291 g/mol. The van der Waals surface area contributed by atoms with Gasteiger partial charge in [0.25, 0.3) is 0 Å². The summed E-state index contributed by atoms with van der Waals surface area (Å²) in [4.78, 5) is 23.4. The molecule has 2 aliphatic rings. The second-order valence-corrected chi connectivity index (χ2v) is 6.11. The number of amides is 1. The van der Waals surface area contributed by atoms with Crippen LogP contribution in [0.5, 0.6) is 0 Å². The highest BCUT2D eigenvalue weighted by Crippen LogP contribution is 2.48. The number of aliphatic carboxylic acids is 1. The average molecular weight is 291 g/mol. The van der Waals surface area contributed by atoms with Crippen LogP contribution in [0.1, 0.15) is 37.7 Å². The van der Waals surface area contributed by atoms with E-state index < -0.39 is 11.4 Å². The Bertz CT molecular complexity index is 565. The smallest absolute Gasteiger partial charge is 0.306 e. The van der Waals surface area contributed by atoms with Crippen LogP contribution in [0.15, 0.2) is 24.3 Å². The molecule has 2 fully saturated rings.